The second-order valence-corrected chi connectivity index (χ2v) is 8.86. The van der Waals surface area contributed by atoms with Crippen molar-refractivity contribution in [2.75, 3.05) is 0 Å². The highest BCUT2D eigenvalue weighted by molar-refractivity contribution is 7.98. The van der Waals surface area contributed by atoms with Gasteiger partial charge < -0.3 is 0 Å². The van der Waals surface area contributed by atoms with Gasteiger partial charge in [0.25, 0.3) is 5.56 Å². The maximum Gasteiger partial charge on any atom is 0.276 e. The first kappa shape index (κ1) is 15.9. The normalized spacial score (nSPS) is 18.2. The molecule has 2 aromatic rings. The molecule has 9 heteroatoms. The number of nitrogens with zero attached hydrogens (tertiary/aromatic N) is 2. The highest BCUT2D eigenvalue weighted by atomic mass is 32.2. The SMILES string of the molecule is O=c1c2c([nH]n1-c1ccc(S(=O)(=O)NC3CCCC3)cn1)CSC2. The summed E-state index contributed by atoms with van der Waals surface area (Å²) in [6, 6.07) is 3.07. The molecular formula is C15H18N4O3S2. The first-order valence-corrected chi connectivity index (χ1v) is 10.6. The van der Waals surface area contributed by atoms with Crippen LogP contribution in [0.3, 0.4) is 0 Å². The number of hydrogen-bond acceptors (Lipinski definition) is 5. The van der Waals surface area contributed by atoms with E-state index in [1.165, 1.54) is 16.9 Å². The fourth-order valence-corrected chi connectivity index (χ4v) is 5.49. The molecule has 1 aliphatic heterocycles. The molecule has 0 spiro atoms. The van der Waals surface area contributed by atoms with Gasteiger partial charge in [-0.05, 0) is 25.0 Å². The molecule has 0 radical (unpaired) electrons. The third-order valence-electron chi connectivity index (χ3n) is 4.50. The van der Waals surface area contributed by atoms with E-state index in [1.54, 1.807) is 17.8 Å². The Hall–Kier alpha value is -1.58. The molecular weight excluding hydrogens is 348 g/mol. The molecule has 7 nitrogen and oxygen atoms in total. The van der Waals surface area contributed by atoms with Gasteiger partial charge in [0, 0.05) is 23.7 Å². The van der Waals surface area contributed by atoms with Crippen LogP contribution >= 0.6 is 11.8 Å². The summed E-state index contributed by atoms with van der Waals surface area (Å²) in [7, 11) is -3.56. The number of thioether (sulfide) groups is 1. The van der Waals surface area contributed by atoms with Crippen LogP contribution in [0, 0.1) is 0 Å². The molecule has 0 saturated heterocycles. The molecule has 0 atom stereocenters. The Balaban J connectivity index is 1.60. The summed E-state index contributed by atoms with van der Waals surface area (Å²) < 4.78 is 28.9. The molecule has 2 aliphatic rings. The second kappa shape index (κ2) is 6.05. The zero-order valence-electron chi connectivity index (χ0n) is 13.0. The molecule has 3 heterocycles. The van der Waals surface area contributed by atoms with Crippen molar-refractivity contribution in [1.82, 2.24) is 19.5 Å². The van der Waals surface area contributed by atoms with Crippen molar-refractivity contribution in [2.24, 2.45) is 0 Å². The lowest BCUT2D eigenvalue weighted by atomic mass is 10.3. The zero-order chi connectivity index (χ0) is 16.7. The summed E-state index contributed by atoms with van der Waals surface area (Å²) in [5, 5.41) is 3.05. The number of rotatable bonds is 4. The molecule has 24 heavy (non-hydrogen) atoms. The fourth-order valence-electron chi connectivity index (χ4n) is 3.20. The van der Waals surface area contributed by atoms with Crippen molar-refractivity contribution >= 4 is 21.8 Å². The minimum absolute atomic E-state index is 0.0150. The Labute approximate surface area is 143 Å². The van der Waals surface area contributed by atoms with Crippen LogP contribution in [0.2, 0.25) is 0 Å². The van der Waals surface area contributed by atoms with Crippen molar-refractivity contribution in [2.45, 2.75) is 48.1 Å². The van der Waals surface area contributed by atoms with Crippen molar-refractivity contribution in [3.63, 3.8) is 0 Å². The highest BCUT2D eigenvalue weighted by Gasteiger charge is 2.24. The molecule has 0 aromatic carbocycles. The number of sulfonamides is 1. The van der Waals surface area contributed by atoms with E-state index in [2.05, 4.69) is 14.8 Å². The first-order valence-electron chi connectivity index (χ1n) is 7.94. The van der Waals surface area contributed by atoms with E-state index in [-0.39, 0.29) is 16.5 Å². The number of aromatic amines is 1. The van der Waals surface area contributed by atoms with Gasteiger partial charge in [0.15, 0.2) is 5.82 Å². The molecule has 0 bridgehead atoms. The average molecular weight is 366 g/mol. The summed E-state index contributed by atoms with van der Waals surface area (Å²) >= 11 is 1.70. The Morgan fingerprint density at radius 3 is 2.71 bits per heavy atom. The Bertz CT molecular complexity index is 909. The van der Waals surface area contributed by atoms with E-state index >= 15 is 0 Å². The van der Waals surface area contributed by atoms with Crippen LogP contribution in [0.5, 0.6) is 0 Å². The maximum absolute atomic E-state index is 12.4. The van der Waals surface area contributed by atoms with Crippen molar-refractivity contribution in [3.05, 3.63) is 39.9 Å². The maximum atomic E-state index is 12.4. The van der Waals surface area contributed by atoms with E-state index in [0.29, 0.717) is 11.6 Å². The van der Waals surface area contributed by atoms with Gasteiger partial charge in [0.2, 0.25) is 10.0 Å². The second-order valence-electron chi connectivity index (χ2n) is 6.16. The predicted octanol–water partition coefficient (Wildman–Crippen LogP) is 1.53. The van der Waals surface area contributed by atoms with Gasteiger partial charge in [-0.3, -0.25) is 9.89 Å². The van der Waals surface area contributed by atoms with Crippen LogP contribution in [-0.2, 0) is 21.5 Å². The highest BCUT2D eigenvalue weighted by Crippen LogP contribution is 2.26. The van der Waals surface area contributed by atoms with Crippen LogP contribution in [0.25, 0.3) is 5.82 Å². The Kier molecular flexibility index (Phi) is 4.01. The largest absolute Gasteiger partial charge is 0.292 e. The summed E-state index contributed by atoms with van der Waals surface area (Å²) in [6.07, 6.45) is 5.18. The van der Waals surface area contributed by atoms with Gasteiger partial charge in [-0.1, -0.05) is 12.8 Å². The number of hydrogen-bond donors (Lipinski definition) is 2. The first-order chi connectivity index (χ1) is 11.5. The number of fused-ring (bicyclic) bond motifs is 1. The van der Waals surface area contributed by atoms with E-state index in [9.17, 15) is 13.2 Å². The van der Waals surface area contributed by atoms with Crippen molar-refractivity contribution < 1.29 is 8.42 Å². The summed E-state index contributed by atoms with van der Waals surface area (Å²) in [6.45, 7) is 0. The Morgan fingerprint density at radius 2 is 2.04 bits per heavy atom. The van der Waals surface area contributed by atoms with Gasteiger partial charge in [-0.15, -0.1) is 0 Å². The lowest BCUT2D eigenvalue weighted by Crippen LogP contribution is -2.32. The van der Waals surface area contributed by atoms with E-state index < -0.39 is 10.0 Å². The molecule has 1 fully saturated rings. The van der Waals surface area contributed by atoms with Crippen LogP contribution in [0.15, 0.2) is 28.0 Å². The summed E-state index contributed by atoms with van der Waals surface area (Å²) in [4.78, 5) is 16.6. The summed E-state index contributed by atoms with van der Waals surface area (Å²) in [5.74, 6) is 1.89. The van der Waals surface area contributed by atoms with E-state index in [0.717, 1.165) is 42.7 Å². The average Bonchev–Trinajstić information content (AvgIpc) is 3.27. The molecule has 4 rings (SSSR count). The fraction of sp³-hybridized carbons (Fsp3) is 0.467. The quantitative estimate of drug-likeness (QED) is 0.855. The van der Waals surface area contributed by atoms with E-state index in [1.807, 2.05) is 0 Å². The zero-order valence-corrected chi connectivity index (χ0v) is 14.6. The van der Waals surface area contributed by atoms with Crippen LogP contribution in [0.4, 0.5) is 0 Å². The van der Waals surface area contributed by atoms with Crippen LogP contribution < -0.4 is 10.3 Å². The lowest BCUT2D eigenvalue weighted by Gasteiger charge is -2.12. The number of nitrogens with one attached hydrogen (secondary N) is 2. The minimum atomic E-state index is -3.56. The van der Waals surface area contributed by atoms with Gasteiger partial charge in [0.1, 0.15) is 4.90 Å². The lowest BCUT2D eigenvalue weighted by molar-refractivity contribution is 0.552. The standard InChI is InChI=1S/C15H18N4O3S2/c20-15-12-8-23-9-13(12)17-19(15)14-6-5-11(7-16-14)24(21,22)18-10-3-1-2-4-10/h5-7,10,17-18H,1-4,8-9H2. The molecule has 1 aliphatic carbocycles. The minimum Gasteiger partial charge on any atom is -0.292 e. The van der Waals surface area contributed by atoms with Crippen LogP contribution in [-0.4, -0.2) is 29.2 Å². The van der Waals surface area contributed by atoms with Crippen LogP contribution in [0.1, 0.15) is 36.9 Å². The third-order valence-corrected chi connectivity index (χ3v) is 6.99. The van der Waals surface area contributed by atoms with Gasteiger partial charge >= 0.3 is 0 Å². The van der Waals surface area contributed by atoms with Gasteiger partial charge in [-0.2, -0.15) is 11.8 Å². The van der Waals surface area contributed by atoms with Gasteiger partial charge in [-0.25, -0.2) is 22.8 Å². The smallest absolute Gasteiger partial charge is 0.276 e. The van der Waals surface area contributed by atoms with Gasteiger partial charge in [0.05, 0.1) is 11.3 Å². The predicted molar refractivity (Wildman–Crippen MR) is 91.8 cm³/mol. The summed E-state index contributed by atoms with van der Waals surface area (Å²) in [5.41, 5.74) is 1.59. The molecule has 2 aromatic heterocycles. The van der Waals surface area contributed by atoms with Crippen molar-refractivity contribution in [3.8, 4) is 5.82 Å². The molecule has 2 N–H and O–H groups in total. The topological polar surface area (TPSA) is 96.9 Å². The monoisotopic (exact) mass is 366 g/mol. The number of pyridine rings is 1. The van der Waals surface area contributed by atoms with E-state index in [4.69, 9.17) is 0 Å². The Morgan fingerprint density at radius 1 is 1.25 bits per heavy atom. The molecule has 0 unspecified atom stereocenters. The number of aromatic nitrogens is 3. The number of H-pyrrole nitrogens is 1. The molecule has 128 valence electrons. The molecule has 1 saturated carbocycles. The third kappa shape index (κ3) is 2.80. The molecule has 0 amide bonds. The van der Waals surface area contributed by atoms with Crippen molar-refractivity contribution in [1.29, 1.82) is 0 Å².